The Morgan fingerprint density at radius 2 is 2.10 bits per heavy atom. The molecule has 2 N–H and O–H groups in total. The number of methoxy groups -OCH3 is 1. The Morgan fingerprint density at radius 3 is 2.87 bits per heavy atom. The highest BCUT2D eigenvalue weighted by Crippen LogP contribution is 2.33. The summed E-state index contributed by atoms with van der Waals surface area (Å²) in [5.74, 6) is -1.12. The van der Waals surface area contributed by atoms with E-state index in [9.17, 15) is 14.0 Å². The molecular weight excluding hydrogens is 453 g/mol. The van der Waals surface area contributed by atoms with Crippen LogP contribution in [0.15, 0.2) is 40.9 Å². The fourth-order valence-electron chi connectivity index (χ4n) is 3.92. The molecule has 1 atom stereocenters. The Morgan fingerprint density at radius 1 is 1.30 bits per heavy atom. The second-order valence-electron chi connectivity index (χ2n) is 7.39. The molecule has 0 aliphatic carbocycles. The van der Waals surface area contributed by atoms with E-state index in [0.29, 0.717) is 16.6 Å². The molecule has 0 radical (unpaired) electrons. The summed E-state index contributed by atoms with van der Waals surface area (Å²) in [7, 11) is 1.29. The topological polar surface area (TPSA) is 74.4 Å². The number of carbonyl (C=O) groups is 2. The molecule has 6 nitrogen and oxygen atoms in total. The van der Waals surface area contributed by atoms with Gasteiger partial charge in [-0.25, -0.2) is 9.18 Å². The van der Waals surface area contributed by atoms with Crippen molar-refractivity contribution in [1.29, 1.82) is 0 Å². The number of hydrogen-bond acceptors (Lipinski definition) is 4. The lowest BCUT2D eigenvalue weighted by Crippen LogP contribution is -2.42. The Hall–Kier alpha value is -2.87. The number of aryl methyl sites for hydroxylation is 1. The Labute approximate surface area is 181 Å². The summed E-state index contributed by atoms with van der Waals surface area (Å²) in [6, 6.07) is 10.3. The molecule has 1 aromatic heterocycles. The monoisotopic (exact) mass is 473 g/mol. The zero-order valence-electron chi connectivity index (χ0n) is 16.6. The van der Waals surface area contributed by atoms with Crippen molar-refractivity contribution in [2.45, 2.75) is 25.8 Å². The predicted octanol–water partition coefficient (Wildman–Crippen LogP) is 4.64. The van der Waals surface area contributed by atoms with Crippen molar-refractivity contribution >= 4 is 50.1 Å². The molecule has 2 heterocycles. The quantitative estimate of drug-likeness (QED) is 0.541. The number of benzene rings is 2. The number of halogens is 2. The minimum absolute atomic E-state index is 0.0844. The van der Waals surface area contributed by atoms with Gasteiger partial charge < -0.3 is 19.9 Å². The van der Waals surface area contributed by atoms with Crippen LogP contribution >= 0.6 is 15.9 Å². The van der Waals surface area contributed by atoms with Crippen LogP contribution in [0.25, 0.3) is 10.9 Å². The second kappa shape index (κ2) is 8.10. The third-order valence-corrected chi connectivity index (χ3v) is 5.94. The van der Waals surface area contributed by atoms with Crippen LogP contribution in [0.4, 0.5) is 15.8 Å². The van der Waals surface area contributed by atoms with Crippen molar-refractivity contribution in [2.75, 3.05) is 23.9 Å². The first-order valence-corrected chi connectivity index (χ1v) is 10.4. The molecule has 1 aliphatic heterocycles. The summed E-state index contributed by atoms with van der Waals surface area (Å²) in [5, 5.41) is 3.58. The highest BCUT2D eigenvalue weighted by atomic mass is 79.9. The maximum atomic E-state index is 13.6. The number of aromatic nitrogens is 1. The number of nitrogens with one attached hydrogen (secondary N) is 2. The van der Waals surface area contributed by atoms with Gasteiger partial charge in [0, 0.05) is 27.1 Å². The van der Waals surface area contributed by atoms with E-state index in [2.05, 4.69) is 26.2 Å². The molecule has 8 heteroatoms. The third-order valence-electron chi connectivity index (χ3n) is 5.44. The second-order valence-corrected chi connectivity index (χ2v) is 8.31. The van der Waals surface area contributed by atoms with E-state index in [0.717, 1.165) is 28.6 Å². The van der Waals surface area contributed by atoms with Gasteiger partial charge in [-0.3, -0.25) is 4.79 Å². The van der Waals surface area contributed by atoms with Gasteiger partial charge in [0.15, 0.2) is 0 Å². The van der Waals surface area contributed by atoms with E-state index >= 15 is 0 Å². The third kappa shape index (κ3) is 3.79. The first kappa shape index (κ1) is 20.4. The van der Waals surface area contributed by atoms with E-state index in [1.807, 2.05) is 30.0 Å². The molecule has 4 rings (SSSR count). The van der Waals surface area contributed by atoms with Gasteiger partial charge in [-0.1, -0.05) is 15.9 Å². The molecule has 0 spiro atoms. The van der Waals surface area contributed by atoms with E-state index in [1.54, 1.807) is 6.07 Å². The van der Waals surface area contributed by atoms with Crippen molar-refractivity contribution in [1.82, 2.24) is 4.98 Å². The summed E-state index contributed by atoms with van der Waals surface area (Å²) >= 11 is 3.43. The van der Waals surface area contributed by atoms with Crippen molar-refractivity contribution in [3.05, 3.63) is 57.9 Å². The molecule has 3 aromatic rings. The minimum Gasteiger partial charge on any atom is -0.464 e. The van der Waals surface area contributed by atoms with Gasteiger partial charge in [-0.2, -0.15) is 0 Å². The van der Waals surface area contributed by atoms with Gasteiger partial charge in [-0.05, 0) is 61.7 Å². The van der Waals surface area contributed by atoms with Crippen LogP contribution in [-0.4, -0.2) is 36.6 Å². The maximum absolute atomic E-state index is 13.6. The number of amides is 1. The maximum Gasteiger partial charge on any atom is 0.356 e. The Bertz CT molecular complexity index is 1140. The first-order chi connectivity index (χ1) is 14.4. The zero-order chi connectivity index (χ0) is 21.4. The number of anilines is 2. The summed E-state index contributed by atoms with van der Waals surface area (Å²) in [4.78, 5) is 30.2. The van der Waals surface area contributed by atoms with E-state index < -0.39 is 5.97 Å². The van der Waals surface area contributed by atoms with Gasteiger partial charge in [0.2, 0.25) is 5.91 Å². The smallest absolute Gasteiger partial charge is 0.356 e. The molecule has 1 aliphatic rings. The average molecular weight is 474 g/mol. The zero-order valence-corrected chi connectivity index (χ0v) is 18.2. The molecule has 0 saturated carbocycles. The summed E-state index contributed by atoms with van der Waals surface area (Å²) in [5.41, 5.74) is 3.04. The lowest BCUT2D eigenvalue weighted by Gasteiger charge is -2.36. The summed E-state index contributed by atoms with van der Waals surface area (Å²) < 4.78 is 19.3. The van der Waals surface area contributed by atoms with Crippen molar-refractivity contribution in [3.63, 3.8) is 0 Å². The van der Waals surface area contributed by atoms with Crippen molar-refractivity contribution in [2.24, 2.45) is 0 Å². The number of aromatic amines is 1. The predicted molar refractivity (Wildman–Crippen MR) is 117 cm³/mol. The van der Waals surface area contributed by atoms with E-state index in [-0.39, 0.29) is 30.0 Å². The van der Waals surface area contributed by atoms with Crippen molar-refractivity contribution < 1.29 is 18.7 Å². The van der Waals surface area contributed by atoms with E-state index in [1.165, 1.54) is 19.2 Å². The number of nitrogens with zero attached hydrogens (tertiary/aromatic N) is 1. The normalized spacial score (nSPS) is 15.7. The number of ether oxygens (including phenoxy) is 1. The highest BCUT2D eigenvalue weighted by molar-refractivity contribution is 9.10. The molecule has 156 valence electrons. The van der Waals surface area contributed by atoms with Gasteiger partial charge in [0.1, 0.15) is 11.5 Å². The van der Waals surface area contributed by atoms with Crippen LogP contribution < -0.4 is 10.2 Å². The van der Waals surface area contributed by atoms with Gasteiger partial charge in [-0.15, -0.1) is 0 Å². The fourth-order valence-corrected chi connectivity index (χ4v) is 4.28. The van der Waals surface area contributed by atoms with E-state index in [4.69, 9.17) is 4.74 Å². The van der Waals surface area contributed by atoms with Crippen LogP contribution in [0.3, 0.4) is 0 Å². The lowest BCUT2D eigenvalue weighted by atomic mass is 9.96. The Kier molecular flexibility index (Phi) is 5.51. The largest absolute Gasteiger partial charge is 0.464 e. The molecule has 30 heavy (non-hydrogen) atoms. The number of hydrogen-bond donors (Lipinski definition) is 2. The molecule has 1 unspecified atom stereocenters. The molecule has 0 bridgehead atoms. The number of rotatable bonds is 4. The van der Waals surface area contributed by atoms with Gasteiger partial charge in [0.05, 0.1) is 19.3 Å². The summed E-state index contributed by atoms with van der Waals surface area (Å²) in [6.07, 6.45) is 1.60. The first-order valence-electron chi connectivity index (χ1n) is 9.62. The minimum atomic E-state index is -0.565. The van der Waals surface area contributed by atoms with Gasteiger partial charge in [0.25, 0.3) is 0 Å². The number of carbonyl (C=O) groups excluding carboxylic acids is 2. The number of H-pyrrole nitrogens is 1. The van der Waals surface area contributed by atoms with Crippen molar-refractivity contribution in [3.8, 4) is 0 Å². The van der Waals surface area contributed by atoms with Crippen LogP contribution in [0.2, 0.25) is 0 Å². The van der Waals surface area contributed by atoms with Crippen LogP contribution in [0, 0.1) is 5.82 Å². The molecule has 0 fully saturated rings. The standard InChI is InChI=1S/C22H21BrFN3O3/c1-12-3-4-13-9-15(24)6-8-18(13)27(12)11-19(28)26-20-16-10-14(23)5-7-17(16)25-21(20)22(29)30-2/h5-10,12,25H,3-4,11H2,1-2H3,(H,26,28). The molecule has 0 saturated heterocycles. The molecule has 2 aromatic carbocycles. The Balaban J connectivity index is 1.64. The average Bonchev–Trinajstić information content (AvgIpc) is 3.07. The lowest BCUT2D eigenvalue weighted by molar-refractivity contribution is -0.115. The fraction of sp³-hybridized carbons (Fsp3) is 0.273. The van der Waals surface area contributed by atoms with Crippen LogP contribution in [0.5, 0.6) is 0 Å². The number of fused-ring (bicyclic) bond motifs is 2. The van der Waals surface area contributed by atoms with Crippen LogP contribution in [-0.2, 0) is 16.0 Å². The number of esters is 1. The SMILES string of the molecule is COC(=O)c1[nH]c2ccc(Br)cc2c1NC(=O)CN1c2ccc(F)cc2CCC1C. The molecule has 1 amide bonds. The molecular formula is C22H21BrFN3O3. The van der Waals surface area contributed by atoms with Crippen LogP contribution in [0.1, 0.15) is 29.4 Å². The highest BCUT2D eigenvalue weighted by Gasteiger charge is 2.27. The van der Waals surface area contributed by atoms with Gasteiger partial charge >= 0.3 is 5.97 Å². The summed E-state index contributed by atoms with van der Waals surface area (Å²) in [6.45, 7) is 2.13.